The molecule has 178 valence electrons. The number of likely N-dealkylation sites (tertiary alicyclic amines) is 1. The quantitative estimate of drug-likeness (QED) is 0.374. The predicted molar refractivity (Wildman–Crippen MR) is 134 cm³/mol. The zero-order valence-corrected chi connectivity index (χ0v) is 20.6. The fourth-order valence-corrected chi connectivity index (χ4v) is 5.47. The lowest BCUT2D eigenvalue weighted by atomic mass is 9.79. The number of aromatic nitrogens is 1. The van der Waals surface area contributed by atoms with Crippen LogP contribution in [0.2, 0.25) is 0 Å². The average Bonchev–Trinajstić information content (AvgIpc) is 2.79. The molecule has 1 aliphatic rings. The van der Waals surface area contributed by atoms with Crippen LogP contribution in [0.3, 0.4) is 0 Å². The molecule has 1 fully saturated rings. The second-order valence-electron chi connectivity index (χ2n) is 9.85. The number of rotatable bonds is 13. The third-order valence-corrected chi connectivity index (χ3v) is 7.26. The van der Waals surface area contributed by atoms with Crippen molar-refractivity contribution in [2.24, 2.45) is 11.8 Å². The molecule has 2 aromatic rings. The standard InChI is InChI=1S/C28H44N2O2/c1-4-5-6-7-8-17-30-18-15-23(25(21-30)19-22(2)31)10-9-11-24-14-16-29-28-13-12-26(32-3)20-27(24)28/h12-14,16,20,22-23,25,31H,4-11,15,17-19,21H2,1-3H3/t22-,23-,25+/m1/s1. The molecule has 1 saturated heterocycles. The SMILES string of the molecule is CCCCCCCN1CC[C@@H](CCCc2ccnc3ccc(OC)cc23)[C@@H](C[C@@H](C)O)C1. The summed E-state index contributed by atoms with van der Waals surface area (Å²) in [6.45, 7) is 7.86. The Balaban J connectivity index is 1.53. The zero-order chi connectivity index (χ0) is 22.8. The number of methoxy groups -OCH3 is 1. The number of benzene rings is 1. The molecule has 1 aromatic carbocycles. The van der Waals surface area contributed by atoms with Crippen LogP contribution in [0.15, 0.2) is 30.5 Å². The van der Waals surface area contributed by atoms with Crippen LogP contribution in [0.5, 0.6) is 5.75 Å². The van der Waals surface area contributed by atoms with E-state index in [0.717, 1.165) is 30.0 Å². The van der Waals surface area contributed by atoms with E-state index in [-0.39, 0.29) is 6.10 Å². The number of hydrogen-bond donors (Lipinski definition) is 1. The minimum absolute atomic E-state index is 0.205. The van der Waals surface area contributed by atoms with Crippen LogP contribution in [0, 0.1) is 11.8 Å². The summed E-state index contributed by atoms with van der Waals surface area (Å²) >= 11 is 0. The van der Waals surface area contributed by atoms with Crippen molar-refractivity contribution in [1.82, 2.24) is 9.88 Å². The predicted octanol–water partition coefficient (Wildman–Crippen LogP) is 6.25. The maximum absolute atomic E-state index is 10.1. The second kappa shape index (κ2) is 13.2. The number of hydrogen-bond acceptors (Lipinski definition) is 4. The number of piperidine rings is 1. The van der Waals surface area contributed by atoms with Crippen LogP contribution in [-0.2, 0) is 6.42 Å². The van der Waals surface area contributed by atoms with Gasteiger partial charge in [0.1, 0.15) is 5.75 Å². The topological polar surface area (TPSA) is 45.6 Å². The van der Waals surface area contributed by atoms with Gasteiger partial charge in [-0.2, -0.15) is 0 Å². The Kier molecular flexibility index (Phi) is 10.3. The Bertz CT molecular complexity index is 807. The highest BCUT2D eigenvalue weighted by Gasteiger charge is 2.29. The molecule has 2 heterocycles. The summed E-state index contributed by atoms with van der Waals surface area (Å²) in [5, 5.41) is 11.3. The van der Waals surface area contributed by atoms with E-state index < -0.39 is 0 Å². The van der Waals surface area contributed by atoms with Gasteiger partial charge in [-0.05, 0) is 100 Å². The van der Waals surface area contributed by atoms with E-state index in [1.54, 1.807) is 7.11 Å². The maximum atomic E-state index is 10.1. The van der Waals surface area contributed by atoms with E-state index in [1.807, 2.05) is 25.3 Å². The van der Waals surface area contributed by atoms with Gasteiger partial charge < -0.3 is 14.7 Å². The molecule has 3 rings (SSSR count). The fraction of sp³-hybridized carbons (Fsp3) is 0.679. The van der Waals surface area contributed by atoms with Gasteiger partial charge in [-0.3, -0.25) is 4.98 Å². The highest BCUT2D eigenvalue weighted by molar-refractivity contribution is 5.83. The van der Waals surface area contributed by atoms with Gasteiger partial charge in [0.25, 0.3) is 0 Å². The molecular formula is C28H44N2O2. The van der Waals surface area contributed by atoms with Gasteiger partial charge in [0.15, 0.2) is 0 Å². The Morgan fingerprint density at radius 2 is 1.97 bits per heavy atom. The van der Waals surface area contributed by atoms with Gasteiger partial charge in [-0.15, -0.1) is 0 Å². The lowest BCUT2D eigenvalue weighted by molar-refractivity contribution is 0.0666. The monoisotopic (exact) mass is 440 g/mol. The molecular weight excluding hydrogens is 396 g/mol. The number of aryl methyl sites for hydroxylation is 1. The molecule has 4 nitrogen and oxygen atoms in total. The van der Waals surface area contributed by atoms with Crippen molar-refractivity contribution in [1.29, 1.82) is 0 Å². The lowest BCUT2D eigenvalue weighted by Crippen LogP contribution is -2.42. The summed E-state index contributed by atoms with van der Waals surface area (Å²) in [6.07, 6.45) is 14.2. The number of pyridine rings is 1. The Morgan fingerprint density at radius 3 is 2.75 bits per heavy atom. The minimum atomic E-state index is -0.205. The van der Waals surface area contributed by atoms with Crippen molar-refractivity contribution in [3.8, 4) is 5.75 Å². The Morgan fingerprint density at radius 1 is 1.12 bits per heavy atom. The number of nitrogens with zero attached hydrogens (tertiary/aromatic N) is 2. The third-order valence-electron chi connectivity index (χ3n) is 7.26. The molecule has 0 aliphatic carbocycles. The second-order valence-corrected chi connectivity index (χ2v) is 9.85. The number of unbranched alkanes of at least 4 members (excludes halogenated alkanes) is 4. The van der Waals surface area contributed by atoms with Crippen molar-refractivity contribution in [3.05, 3.63) is 36.0 Å². The summed E-state index contributed by atoms with van der Waals surface area (Å²) < 4.78 is 5.43. The summed E-state index contributed by atoms with van der Waals surface area (Å²) in [7, 11) is 1.72. The van der Waals surface area contributed by atoms with E-state index >= 15 is 0 Å². The van der Waals surface area contributed by atoms with Crippen LogP contribution in [0.25, 0.3) is 10.9 Å². The summed E-state index contributed by atoms with van der Waals surface area (Å²) in [6, 6.07) is 8.31. The van der Waals surface area contributed by atoms with Gasteiger partial charge in [0, 0.05) is 18.1 Å². The van der Waals surface area contributed by atoms with Crippen LogP contribution >= 0.6 is 0 Å². The van der Waals surface area contributed by atoms with Crippen molar-refractivity contribution < 1.29 is 9.84 Å². The maximum Gasteiger partial charge on any atom is 0.119 e. The molecule has 32 heavy (non-hydrogen) atoms. The van der Waals surface area contributed by atoms with Gasteiger partial charge in [0.2, 0.25) is 0 Å². The summed E-state index contributed by atoms with van der Waals surface area (Å²) in [5.41, 5.74) is 2.41. The highest BCUT2D eigenvalue weighted by atomic mass is 16.5. The zero-order valence-electron chi connectivity index (χ0n) is 20.6. The molecule has 0 bridgehead atoms. The Labute approximate surface area is 195 Å². The first-order valence-corrected chi connectivity index (χ1v) is 12.9. The Hall–Kier alpha value is -1.65. The number of ether oxygens (including phenoxy) is 1. The van der Waals surface area contributed by atoms with Crippen molar-refractivity contribution in [3.63, 3.8) is 0 Å². The number of aliphatic hydroxyl groups excluding tert-OH is 1. The summed E-state index contributed by atoms with van der Waals surface area (Å²) in [4.78, 5) is 7.19. The third kappa shape index (κ3) is 7.45. The van der Waals surface area contributed by atoms with Crippen molar-refractivity contribution in [2.45, 2.75) is 84.2 Å². The van der Waals surface area contributed by atoms with E-state index in [1.165, 1.54) is 82.0 Å². The largest absolute Gasteiger partial charge is 0.497 e. The molecule has 0 spiro atoms. The normalized spacial score (nSPS) is 20.5. The van der Waals surface area contributed by atoms with Gasteiger partial charge >= 0.3 is 0 Å². The van der Waals surface area contributed by atoms with Crippen LogP contribution in [-0.4, -0.2) is 47.8 Å². The van der Waals surface area contributed by atoms with Crippen molar-refractivity contribution in [2.75, 3.05) is 26.7 Å². The van der Waals surface area contributed by atoms with Crippen LogP contribution in [0.4, 0.5) is 0 Å². The van der Waals surface area contributed by atoms with Crippen LogP contribution in [0.1, 0.15) is 77.2 Å². The molecule has 0 radical (unpaired) electrons. The molecule has 1 N–H and O–H groups in total. The first-order valence-electron chi connectivity index (χ1n) is 12.9. The van der Waals surface area contributed by atoms with Gasteiger partial charge in [-0.25, -0.2) is 0 Å². The molecule has 1 aromatic heterocycles. The van der Waals surface area contributed by atoms with Gasteiger partial charge in [0.05, 0.1) is 18.7 Å². The molecule has 4 heteroatoms. The van der Waals surface area contributed by atoms with E-state index in [0.29, 0.717) is 5.92 Å². The van der Waals surface area contributed by atoms with Gasteiger partial charge in [-0.1, -0.05) is 32.6 Å². The summed E-state index contributed by atoms with van der Waals surface area (Å²) in [5.74, 6) is 2.24. The highest BCUT2D eigenvalue weighted by Crippen LogP contribution is 2.32. The molecule has 3 atom stereocenters. The minimum Gasteiger partial charge on any atom is -0.497 e. The molecule has 1 aliphatic heterocycles. The van der Waals surface area contributed by atoms with Crippen LogP contribution < -0.4 is 4.74 Å². The van der Waals surface area contributed by atoms with E-state index in [2.05, 4.69) is 28.9 Å². The number of fused-ring (bicyclic) bond motifs is 1. The van der Waals surface area contributed by atoms with E-state index in [4.69, 9.17) is 4.74 Å². The number of aliphatic hydroxyl groups is 1. The molecule has 0 saturated carbocycles. The molecule has 0 unspecified atom stereocenters. The lowest BCUT2D eigenvalue weighted by Gasteiger charge is -2.39. The van der Waals surface area contributed by atoms with Crippen molar-refractivity contribution >= 4 is 10.9 Å². The smallest absolute Gasteiger partial charge is 0.119 e. The average molecular weight is 441 g/mol. The molecule has 0 amide bonds. The van der Waals surface area contributed by atoms with E-state index in [9.17, 15) is 5.11 Å². The first-order chi connectivity index (χ1) is 15.6. The fourth-order valence-electron chi connectivity index (χ4n) is 5.47. The first kappa shape index (κ1) is 25.0.